The number of aryl methyl sites for hydroxylation is 1. The zero-order valence-corrected chi connectivity index (χ0v) is 18.9. The molecule has 4 aromatic rings. The number of aromatic nitrogens is 2. The van der Waals surface area contributed by atoms with E-state index in [-0.39, 0.29) is 0 Å². The Morgan fingerprint density at radius 1 is 0.719 bits per heavy atom. The van der Waals surface area contributed by atoms with E-state index < -0.39 is 0 Å². The third kappa shape index (κ3) is 4.34. The molecular weight excluding hydrogens is 392 g/mol. The van der Waals surface area contributed by atoms with E-state index in [1.54, 1.807) is 0 Å². The largest absolute Gasteiger partial charge is 0.327 e. The van der Waals surface area contributed by atoms with Crippen molar-refractivity contribution < 1.29 is 0 Å². The van der Waals surface area contributed by atoms with Gasteiger partial charge >= 0.3 is 0 Å². The number of benzene rings is 3. The smallest absolute Gasteiger partial charge is 0.109 e. The molecule has 0 saturated carbocycles. The van der Waals surface area contributed by atoms with Crippen molar-refractivity contribution in [3.8, 4) is 0 Å². The van der Waals surface area contributed by atoms with Crippen molar-refractivity contribution in [1.82, 2.24) is 19.4 Å². The Kier molecular flexibility index (Phi) is 6.33. The molecule has 4 heteroatoms. The van der Waals surface area contributed by atoms with Crippen LogP contribution in [0, 0.1) is 0 Å². The van der Waals surface area contributed by atoms with E-state index in [9.17, 15) is 0 Å². The van der Waals surface area contributed by atoms with Crippen LogP contribution in [-0.2, 0) is 13.0 Å². The van der Waals surface area contributed by atoms with Gasteiger partial charge in [-0.1, -0.05) is 79.7 Å². The standard InChI is InChI=1S/C28H32N4/c1-2-27-29-25-15-9-10-16-26(25)32(27)22-19-30-17-20-31(21-18-30)28(23-11-5-3-6-12-23)24-13-7-4-8-14-24/h3-16,28H,2,17-22H2,1H3. The molecule has 0 aliphatic carbocycles. The summed E-state index contributed by atoms with van der Waals surface area (Å²) in [5, 5.41) is 0. The molecule has 1 saturated heterocycles. The fourth-order valence-corrected chi connectivity index (χ4v) is 5.02. The molecule has 0 bridgehead atoms. The first-order valence-corrected chi connectivity index (χ1v) is 11.8. The number of rotatable bonds is 7. The zero-order valence-electron chi connectivity index (χ0n) is 18.9. The third-order valence-electron chi connectivity index (χ3n) is 6.69. The minimum atomic E-state index is 0.323. The van der Waals surface area contributed by atoms with Gasteiger partial charge in [-0.2, -0.15) is 0 Å². The number of imidazole rings is 1. The molecule has 0 spiro atoms. The highest BCUT2D eigenvalue weighted by molar-refractivity contribution is 5.75. The number of hydrogen-bond donors (Lipinski definition) is 0. The summed E-state index contributed by atoms with van der Waals surface area (Å²) in [6.45, 7) is 8.64. The van der Waals surface area contributed by atoms with E-state index in [2.05, 4.69) is 106 Å². The molecular formula is C28H32N4. The number of piperazine rings is 1. The molecule has 5 rings (SSSR count). The number of hydrogen-bond acceptors (Lipinski definition) is 3. The summed E-state index contributed by atoms with van der Waals surface area (Å²) >= 11 is 0. The van der Waals surface area contributed by atoms with Gasteiger partial charge in [0.25, 0.3) is 0 Å². The van der Waals surface area contributed by atoms with Crippen molar-refractivity contribution >= 4 is 11.0 Å². The molecule has 1 aliphatic rings. The molecule has 1 aromatic heterocycles. The Bertz CT molecular complexity index is 1090. The first-order chi connectivity index (χ1) is 15.8. The van der Waals surface area contributed by atoms with Crippen LogP contribution in [0.2, 0.25) is 0 Å². The summed E-state index contributed by atoms with van der Waals surface area (Å²) in [5.41, 5.74) is 5.13. The van der Waals surface area contributed by atoms with Gasteiger partial charge in [0.05, 0.1) is 17.1 Å². The lowest BCUT2D eigenvalue weighted by Crippen LogP contribution is -2.48. The molecule has 0 unspecified atom stereocenters. The second-order valence-electron chi connectivity index (χ2n) is 8.62. The van der Waals surface area contributed by atoms with Gasteiger partial charge in [-0.3, -0.25) is 9.80 Å². The molecule has 0 radical (unpaired) electrons. The van der Waals surface area contributed by atoms with Crippen LogP contribution < -0.4 is 0 Å². The van der Waals surface area contributed by atoms with Crippen LogP contribution in [0.1, 0.15) is 29.9 Å². The van der Waals surface area contributed by atoms with E-state index in [1.165, 1.54) is 22.5 Å². The second kappa shape index (κ2) is 9.68. The highest BCUT2D eigenvalue weighted by Gasteiger charge is 2.26. The van der Waals surface area contributed by atoms with Crippen LogP contribution in [0.25, 0.3) is 11.0 Å². The molecule has 4 nitrogen and oxygen atoms in total. The summed E-state index contributed by atoms with van der Waals surface area (Å²) in [4.78, 5) is 10.1. The predicted octanol–water partition coefficient (Wildman–Crippen LogP) is 5.01. The van der Waals surface area contributed by atoms with Crippen molar-refractivity contribution in [2.24, 2.45) is 0 Å². The van der Waals surface area contributed by atoms with Gasteiger partial charge in [-0.15, -0.1) is 0 Å². The third-order valence-corrected chi connectivity index (χ3v) is 6.69. The van der Waals surface area contributed by atoms with Crippen LogP contribution in [0.5, 0.6) is 0 Å². The van der Waals surface area contributed by atoms with Gasteiger partial charge in [0, 0.05) is 45.7 Å². The lowest BCUT2D eigenvalue weighted by atomic mass is 9.96. The fourth-order valence-electron chi connectivity index (χ4n) is 5.02. The van der Waals surface area contributed by atoms with Crippen LogP contribution in [0.4, 0.5) is 0 Å². The van der Waals surface area contributed by atoms with Gasteiger partial charge in [-0.05, 0) is 23.3 Å². The minimum Gasteiger partial charge on any atom is -0.327 e. The zero-order chi connectivity index (χ0) is 21.8. The Hall–Kier alpha value is -2.95. The maximum atomic E-state index is 4.83. The first kappa shape index (κ1) is 20.9. The summed E-state index contributed by atoms with van der Waals surface area (Å²) < 4.78 is 2.42. The molecule has 1 fully saturated rings. The summed E-state index contributed by atoms with van der Waals surface area (Å²) in [7, 11) is 0. The van der Waals surface area contributed by atoms with Crippen molar-refractivity contribution in [2.75, 3.05) is 32.7 Å². The van der Waals surface area contributed by atoms with Gasteiger partial charge < -0.3 is 4.57 Å². The number of para-hydroxylation sites is 2. The Labute approximate surface area is 191 Å². The molecule has 0 atom stereocenters. The molecule has 3 aromatic carbocycles. The maximum absolute atomic E-state index is 4.83. The normalized spacial score (nSPS) is 15.6. The number of nitrogens with zero attached hydrogens (tertiary/aromatic N) is 4. The summed E-state index contributed by atoms with van der Waals surface area (Å²) in [5.74, 6) is 1.19. The van der Waals surface area contributed by atoms with Crippen molar-refractivity contribution in [1.29, 1.82) is 0 Å². The molecule has 1 aliphatic heterocycles. The van der Waals surface area contributed by atoms with Crippen molar-refractivity contribution in [3.63, 3.8) is 0 Å². The van der Waals surface area contributed by atoms with Gasteiger partial charge in [-0.25, -0.2) is 4.98 Å². The van der Waals surface area contributed by atoms with E-state index in [0.717, 1.165) is 51.2 Å². The van der Waals surface area contributed by atoms with Gasteiger partial charge in [0.15, 0.2) is 0 Å². The Morgan fingerprint density at radius 2 is 1.31 bits per heavy atom. The highest BCUT2D eigenvalue weighted by Crippen LogP contribution is 2.29. The van der Waals surface area contributed by atoms with E-state index >= 15 is 0 Å². The molecule has 164 valence electrons. The average Bonchev–Trinajstić information content (AvgIpc) is 3.23. The number of fused-ring (bicyclic) bond motifs is 1. The monoisotopic (exact) mass is 424 g/mol. The van der Waals surface area contributed by atoms with Crippen LogP contribution in [-0.4, -0.2) is 52.1 Å². The SMILES string of the molecule is CCc1nc2ccccc2n1CCN1CCN(C(c2ccccc2)c2ccccc2)CC1. The topological polar surface area (TPSA) is 24.3 Å². The maximum Gasteiger partial charge on any atom is 0.109 e. The van der Waals surface area contributed by atoms with E-state index in [4.69, 9.17) is 4.98 Å². The average molecular weight is 425 g/mol. The molecule has 0 N–H and O–H groups in total. The molecule has 0 amide bonds. The second-order valence-corrected chi connectivity index (χ2v) is 8.62. The van der Waals surface area contributed by atoms with Crippen molar-refractivity contribution in [2.45, 2.75) is 25.9 Å². The minimum absolute atomic E-state index is 0.323. The quantitative estimate of drug-likeness (QED) is 0.417. The highest BCUT2D eigenvalue weighted by atomic mass is 15.3. The van der Waals surface area contributed by atoms with Crippen LogP contribution in [0.15, 0.2) is 84.9 Å². The molecule has 32 heavy (non-hydrogen) atoms. The van der Waals surface area contributed by atoms with E-state index in [1.807, 2.05) is 0 Å². The summed E-state index contributed by atoms with van der Waals surface area (Å²) in [6.07, 6.45) is 0.971. The van der Waals surface area contributed by atoms with Gasteiger partial charge in [0.2, 0.25) is 0 Å². The van der Waals surface area contributed by atoms with Crippen molar-refractivity contribution in [3.05, 3.63) is 102 Å². The van der Waals surface area contributed by atoms with Crippen LogP contribution >= 0.6 is 0 Å². The lowest BCUT2D eigenvalue weighted by molar-refractivity contribution is 0.107. The Balaban J connectivity index is 1.27. The molecule has 2 heterocycles. The van der Waals surface area contributed by atoms with Gasteiger partial charge in [0.1, 0.15) is 5.82 Å². The first-order valence-electron chi connectivity index (χ1n) is 11.8. The van der Waals surface area contributed by atoms with Crippen LogP contribution in [0.3, 0.4) is 0 Å². The van der Waals surface area contributed by atoms with E-state index in [0.29, 0.717) is 6.04 Å². The fraction of sp³-hybridized carbons (Fsp3) is 0.321. The predicted molar refractivity (Wildman–Crippen MR) is 132 cm³/mol. The summed E-state index contributed by atoms with van der Waals surface area (Å²) in [6, 6.07) is 30.7. The lowest BCUT2D eigenvalue weighted by Gasteiger charge is -2.40. The Morgan fingerprint density at radius 3 is 1.94 bits per heavy atom.